The molecular weight excluding hydrogens is 307 g/mol. The number of rotatable bonds is 6. The second-order valence-corrected chi connectivity index (χ2v) is 6.99. The Kier molecular flexibility index (Phi) is 5.00. The number of halogens is 1. The Morgan fingerprint density at radius 3 is 2.64 bits per heavy atom. The standard InChI is InChI=1S/C15H19FN2O3S/c1-11-6-7-12(16)9-15(11)22(19,20)17-10-13(18(2)3)14-5-4-8-21-14/h4-9,13,17H,10H2,1-3H3/t13-/m1/s1. The summed E-state index contributed by atoms with van der Waals surface area (Å²) in [6.07, 6.45) is 1.54. The van der Waals surface area contributed by atoms with Crippen LogP contribution >= 0.6 is 0 Å². The average molecular weight is 326 g/mol. The normalized spacial score (nSPS) is 13.5. The van der Waals surface area contributed by atoms with Gasteiger partial charge in [-0.15, -0.1) is 0 Å². The first-order valence-corrected chi connectivity index (χ1v) is 8.25. The number of hydrogen-bond acceptors (Lipinski definition) is 4. The van der Waals surface area contributed by atoms with Crippen LogP contribution in [0, 0.1) is 12.7 Å². The monoisotopic (exact) mass is 326 g/mol. The van der Waals surface area contributed by atoms with Crippen LogP contribution in [0.5, 0.6) is 0 Å². The molecule has 0 saturated carbocycles. The van der Waals surface area contributed by atoms with Crippen LogP contribution in [0.15, 0.2) is 45.9 Å². The zero-order chi connectivity index (χ0) is 16.3. The summed E-state index contributed by atoms with van der Waals surface area (Å²) in [5, 5.41) is 0. The number of furan rings is 1. The number of hydrogen-bond donors (Lipinski definition) is 1. The fourth-order valence-corrected chi connectivity index (χ4v) is 3.44. The van der Waals surface area contributed by atoms with Crippen molar-refractivity contribution in [1.29, 1.82) is 0 Å². The van der Waals surface area contributed by atoms with Gasteiger partial charge >= 0.3 is 0 Å². The van der Waals surface area contributed by atoms with Crippen LogP contribution in [0.3, 0.4) is 0 Å². The van der Waals surface area contributed by atoms with Crippen LogP contribution in [-0.2, 0) is 10.0 Å². The zero-order valence-corrected chi connectivity index (χ0v) is 13.5. The Morgan fingerprint density at radius 2 is 2.05 bits per heavy atom. The zero-order valence-electron chi connectivity index (χ0n) is 12.7. The number of sulfonamides is 1. The molecule has 1 heterocycles. The van der Waals surface area contributed by atoms with Crippen LogP contribution < -0.4 is 4.72 Å². The summed E-state index contributed by atoms with van der Waals surface area (Å²) in [7, 11) is -0.135. The maximum absolute atomic E-state index is 13.3. The van der Waals surface area contributed by atoms with Gasteiger partial charge in [0.2, 0.25) is 10.0 Å². The largest absolute Gasteiger partial charge is 0.468 e. The molecule has 1 aromatic carbocycles. The van der Waals surface area contributed by atoms with Gasteiger partial charge in [-0.2, -0.15) is 0 Å². The van der Waals surface area contributed by atoms with Gasteiger partial charge in [0.1, 0.15) is 11.6 Å². The van der Waals surface area contributed by atoms with Crippen molar-refractivity contribution in [3.8, 4) is 0 Å². The Bertz CT molecular complexity index is 727. The molecule has 0 radical (unpaired) electrons. The molecule has 7 heteroatoms. The van der Waals surface area contributed by atoms with Crippen molar-refractivity contribution in [3.05, 3.63) is 53.7 Å². The molecule has 0 amide bonds. The van der Waals surface area contributed by atoms with E-state index < -0.39 is 15.8 Å². The Hall–Kier alpha value is -1.70. The quantitative estimate of drug-likeness (QED) is 0.885. The molecule has 2 rings (SSSR count). The highest BCUT2D eigenvalue weighted by molar-refractivity contribution is 7.89. The first kappa shape index (κ1) is 16.7. The molecule has 2 aromatic rings. The predicted octanol–water partition coefficient (Wildman–Crippen LogP) is 2.31. The summed E-state index contributed by atoms with van der Waals surface area (Å²) < 4.78 is 45.9. The number of benzene rings is 1. The smallest absolute Gasteiger partial charge is 0.240 e. The molecule has 0 fully saturated rings. The number of nitrogens with zero attached hydrogens (tertiary/aromatic N) is 1. The lowest BCUT2D eigenvalue weighted by Gasteiger charge is -2.22. The molecule has 1 aromatic heterocycles. The maximum Gasteiger partial charge on any atom is 0.240 e. The lowest BCUT2D eigenvalue weighted by Crippen LogP contribution is -2.34. The SMILES string of the molecule is Cc1ccc(F)cc1S(=O)(=O)NC[C@H](c1ccco1)N(C)C. The molecule has 22 heavy (non-hydrogen) atoms. The highest BCUT2D eigenvalue weighted by atomic mass is 32.2. The Labute approximate surface area is 129 Å². The van der Waals surface area contributed by atoms with E-state index in [-0.39, 0.29) is 17.5 Å². The second kappa shape index (κ2) is 6.60. The summed E-state index contributed by atoms with van der Waals surface area (Å²) in [5.74, 6) is 0.0739. The van der Waals surface area contributed by atoms with E-state index in [2.05, 4.69) is 4.72 Å². The lowest BCUT2D eigenvalue weighted by molar-refractivity contribution is 0.259. The minimum Gasteiger partial charge on any atom is -0.468 e. The molecular formula is C15H19FN2O3S. The molecule has 0 saturated heterocycles. The van der Waals surface area contributed by atoms with E-state index in [0.717, 1.165) is 6.07 Å². The fourth-order valence-electron chi connectivity index (χ4n) is 2.15. The van der Waals surface area contributed by atoms with Crippen molar-refractivity contribution < 1.29 is 17.2 Å². The Morgan fingerprint density at radius 1 is 1.32 bits per heavy atom. The van der Waals surface area contributed by atoms with E-state index in [4.69, 9.17) is 4.42 Å². The second-order valence-electron chi connectivity index (χ2n) is 5.26. The molecule has 0 bridgehead atoms. The van der Waals surface area contributed by atoms with Crippen molar-refractivity contribution in [3.63, 3.8) is 0 Å². The van der Waals surface area contributed by atoms with Crippen LogP contribution in [-0.4, -0.2) is 34.0 Å². The van der Waals surface area contributed by atoms with E-state index in [0.29, 0.717) is 11.3 Å². The van der Waals surface area contributed by atoms with E-state index in [1.54, 1.807) is 19.1 Å². The molecule has 1 atom stereocenters. The topological polar surface area (TPSA) is 62.6 Å². The number of likely N-dealkylation sites (N-methyl/N-ethyl adjacent to an activating group) is 1. The summed E-state index contributed by atoms with van der Waals surface area (Å²) in [5.41, 5.74) is 0.494. The molecule has 1 N–H and O–H groups in total. The van der Waals surface area contributed by atoms with Gasteiger partial charge in [-0.05, 0) is 50.8 Å². The van der Waals surface area contributed by atoms with Gasteiger partial charge < -0.3 is 4.42 Å². The average Bonchev–Trinajstić information content (AvgIpc) is 2.95. The van der Waals surface area contributed by atoms with Gasteiger partial charge in [0.25, 0.3) is 0 Å². The van der Waals surface area contributed by atoms with Crippen molar-refractivity contribution in [2.24, 2.45) is 0 Å². The van der Waals surface area contributed by atoms with Gasteiger partial charge in [0.05, 0.1) is 17.2 Å². The summed E-state index contributed by atoms with van der Waals surface area (Å²) >= 11 is 0. The summed E-state index contributed by atoms with van der Waals surface area (Å²) in [4.78, 5) is 1.80. The minimum absolute atomic E-state index is 0.0514. The third-order valence-corrected chi connectivity index (χ3v) is 4.97. The van der Waals surface area contributed by atoms with Crippen LogP contribution in [0.4, 0.5) is 4.39 Å². The van der Waals surface area contributed by atoms with Gasteiger partial charge in [0.15, 0.2) is 0 Å². The van der Waals surface area contributed by atoms with E-state index in [1.165, 1.54) is 18.4 Å². The van der Waals surface area contributed by atoms with Crippen molar-refractivity contribution in [2.75, 3.05) is 20.6 Å². The van der Waals surface area contributed by atoms with E-state index >= 15 is 0 Å². The molecule has 0 aliphatic heterocycles. The minimum atomic E-state index is -3.79. The van der Waals surface area contributed by atoms with Crippen LogP contribution in [0.25, 0.3) is 0 Å². The molecule has 0 spiro atoms. The van der Waals surface area contributed by atoms with E-state index in [1.807, 2.05) is 19.0 Å². The molecule has 0 aliphatic rings. The van der Waals surface area contributed by atoms with E-state index in [9.17, 15) is 12.8 Å². The van der Waals surface area contributed by atoms with Crippen LogP contribution in [0.2, 0.25) is 0 Å². The predicted molar refractivity (Wildman–Crippen MR) is 81.5 cm³/mol. The molecule has 5 nitrogen and oxygen atoms in total. The first-order valence-electron chi connectivity index (χ1n) is 6.77. The lowest BCUT2D eigenvalue weighted by atomic mass is 10.2. The van der Waals surface area contributed by atoms with Crippen molar-refractivity contribution in [1.82, 2.24) is 9.62 Å². The van der Waals surface area contributed by atoms with Gasteiger partial charge in [-0.25, -0.2) is 17.5 Å². The van der Waals surface area contributed by atoms with Crippen molar-refractivity contribution >= 4 is 10.0 Å². The summed E-state index contributed by atoms with van der Waals surface area (Å²) in [6, 6.07) is 6.98. The molecule has 0 aliphatic carbocycles. The molecule has 0 unspecified atom stereocenters. The maximum atomic E-state index is 13.3. The molecule has 120 valence electrons. The van der Waals surface area contributed by atoms with Crippen molar-refractivity contribution in [2.45, 2.75) is 17.9 Å². The highest BCUT2D eigenvalue weighted by Gasteiger charge is 2.22. The highest BCUT2D eigenvalue weighted by Crippen LogP contribution is 2.20. The van der Waals surface area contributed by atoms with Crippen LogP contribution in [0.1, 0.15) is 17.4 Å². The van der Waals surface area contributed by atoms with Gasteiger partial charge in [-0.3, -0.25) is 4.90 Å². The van der Waals surface area contributed by atoms with Gasteiger partial charge in [0, 0.05) is 6.54 Å². The summed E-state index contributed by atoms with van der Waals surface area (Å²) in [6.45, 7) is 1.75. The third-order valence-electron chi connectivity index (χ3n) is 3.40. The number of nitrogens with one attached hydrogen (secondary N) is 1. The fraction of sp³-hybridized carbons (Fsp3) is 0.333. The van der Waals surface area contributed by atoms with Gasteiger partial charge in [-0.1, -0.05) is 6.07 Å². The first-order chi connectivity index (χ1) is 10.3. The Balaban J connectivity index is 2.20. The third kappa shape index (κ3) is 3.73. The number of aryl methyl sites for hydroxylation is 1.